The summed E-state index contributed by atoms with van der Waals surface area (Å²) in [4.78, 5) is 3.94. The van der Waals surface area contributed by atoms with Crippen LogP contribution in [0.5, 0.6) is 0 Å². The van der Waals surface area contributed by atoms with E-state index in [-0.39, 0.29) is 17.0 Å². The van der Waals surface area contributed by atoms with Gasteiger partial charge in [0.25, 0.3) is 0 Å². The third kappa shape index (κ3) is 3.49. The molecule has 1 heterocycles. The number of hydrogen-bond donors (Lipinski definition) is 1. The highest BCUT2D eigenvalue weighted by atomic mass is 79.9. The molecule has 0 fully saturated rings. The molecule has 0 radical (unpaired) electrons. The molecule has 0 bridgehead atoms. The van der Waals surface area contributed by atoms with Gasteiger partial charge in [0.15, 0.2) is 0 Å². The molecule has 0 aliphatic heterocycles. The van der Waals surface area contributed by atoms with Crippen molar-refractivity contribution in [3.05, 3.63) is 62.8 Å². The van der Waals surface area contributed by atoms with E-state index in [1.54, 1.807) is 18.5 Å². The highest BCUT2D eigenvalue weighted by Gasteiger charge is 2.17. The van der Waals surface area contributed by atoms with Gasteiger partial charge in [-0.2, -0.15) is 0 Å². The largest absolute Gasteiger partial charge is 0.388 e. The first kappa shape index (κ1) is 14.4. The lowest BCUT2D eigenvalue weighted by Gasteiger charge is -2.12. The normalized spacial score (nSPS) is 12.5. The minimum Gasteiger partial charge on any atom is -0.388 e. The molecule has 100 valence electrons. The number of halogens is 4. The molecule has 1 N–H and O–H groups in total. The Morgan fingerprint density at radius 2 is 1.95 bits per heavy atom. The Morgan fingerprint density at radius 1 is 1.21 bits per heavy atom. The van der Waals surface area contributed by atoms with Crippen LogP contribution in [0.4, 0.5) is 8.78 Å². The molecule has 2 nitrogen and oxygen atoms in total. The molecule has 0 aliphatic carbocycles. The van der Waals surface area contributed by atoms with Crippen molar-refractivity contribution in [3.63, 3.8) is 0 Å². The van der Waals surface area contributed by atoms with Gasteiger partial charge < -0.3 is 5.11 Å². The Labute approximate surface area is 122 Å². The smallest absolute Gasteiger partial charge is 0.142 e. The van der Waals surface area contributed by atoms with Crippen LogP contribution in [-0.4, -0.2) is 10.1 Å². The highest BCUT2D eigenvalue weighted by molar-refractivity contribution is 9.10. The molecule has 6 heteroatoms. The second-order valence-electron chi connectivity index (χ2n) is 4.02. The molecular weight excluding hydrogens is 340 g/mol. The van der Waals surface area contributed by atoms with E-state index in [9.17, 15) is 13.9 Å². The minimum atomic E-state index is -1.16. The zero-order valence-electron chi connectivity index (χ0n) is 9.58. The zero-order chi connectivity index (χ0) is 14.0. The predicted molar refractivity (Wildman–Crippen MR) is 72.0 cm³/mol. The third-order valence-electron chi connectivity index (χ3n) is 2.59. The van der Waals surface area contributed by atoms with Crippen molar-refractivity contribution in [2.24, 2.45) is 0 Å². The molecule has 0 saturated heterocycles. The van der Waals surface area contributed by atoms with E-state index in [1.165, 1.54) is 0 Å². The second kappa shape index (κ2) is 5.94. The summed E-state index contributed by atoms with van der Waals surface area (Å²) in [5.74, 6) is -1.49. The fourth-order valence-electron chi connectivity index (χ4n) is 1.69. The first-order valence-electron chi connectivity index (χ1n) is 5.39. The summed E-state index contributed by atoms with van der Waals surface area (Å²) in [7, 11) is 0. The maximum atomic E-state index is 13.6. The van der Waals surface area contributed by atoms with Crippen molar-refractivity contribution >= 4 is 27.5 Å². The lowest BCUT2D eigenvalue weighted by atomic mass is 10.0. The first-order chi connectivity index (χ1) is 8.97. The zero-order valence-corrected chi connectivity index (χ0v) is 11.9. The van der Waals surface area contributed by atoms with E-state index in [1.807, 2.05) is 0 Å². The summed E-state index contributed by atoms with van der Waals surface area (Å²) in [6.45, 7) is 0. The molecular formula is C13H9BrClF2NO. The van der Waals surface area contributed by atoms with Crippen LogP contribution in [0.2, 0.25) is 5.02 Å². The molecule has 0 spiro atoms. The number of aromatic nitrogens is 1. The van der Waals surface area contributed by atoms with Gasteiger partial charge in [-0.3, -0.25) is 4.98 Å². The summed E-state index contributed by atoms with van der Waals surface area (Å²) in [5.41, 5.74) is 0.582. The Hall–Kier alpha value is -1.04. The van der Waals surface area contributed by atoms with E-state index < -0.39 is 17.7 Å². The number of rotatable bonds is 3. The van der Waals surface area contributed by atoms with E-state index in [2.05, 4.69) is 20.9 Å². The average Bonchev–Trinajstić information content (AvgIpc) is 2.33. The van der Waals surface area contributed by atoms with Crippen LogP contribution >= 0.6 is 27.5 Å². The van der Waals surface area contributed by atoms with Gasteiger partial charge >= 0.3 is 0 Å². The Bertz CT molecular complexity index is 609. The maximum absolute atomic E-state index is 13.6. The van der Waals surface area contributed by atoms with Crippen LogP contribution in [0.25, 0.3) is 0 Å². The quantitative estimate of drug-likeness (QED) is 0.849. The molecule has 0 saturated carbocycles. The lowest BCUT2D eigenvalue weighted by Crippen LogP contribution is -2.05. The van der Waals surface area contributed by atoms with Crippen molar-refractivity contribution in [2.75, 3.05) is 0 Å². The summed E-state index contributed by atoms with van der Waals surface area (Å²) < 4.78 is 27.7. The predicted octanol–water partition coefficient (Wildman–Crippen LogP) is 4.05. The Kier molecular flexibility index (Phi) is 4.50. The van der Waals surface area contributed by atoms with Crippen LogP contribution < -0.4 is 0 Å². The van der Waals surface area contributed by atoms with Gasteiger partial charge in [-0.1, -0.05) is 11.6 Å². The van der Waals surface area contributed by atoms with Crippen molar-refractivity contribution in [3.8, 4) is 0 Å². The molecule has 1 aromatic heterocycles. The monoisotopic (exact) mass is 347 g/mol. The van der Waals surface area contributed by atoms with Gasteiger partial charge in [-0.05, 0) is 39.7 Å². The molecule has 0 aliphatic rings. The number of aliphatic hydroxyl groups excluding tert-OH is 1. The van der Waals surface area contributed by atoms with Gasteiger partial charge in [-0.15, -0.1) is 0 Å². The number of aliphatic hydroxyl groups is 1. The van der Waals surface area contributed by atoms with Crippen LogP contribution in [0.15, 0.2) is 35.1 Å². The third-order valence-corrected chi connectivity index (χ3v) is 3.31. The summed E-state index contributed by atoms with van der Waals surface area (Å²) in [5, 5.41) is 9.66. The van der Waals surface area contributed by atoms with Crippen molar-refractivity contribution in [1.29, 1.82) is 0 Å². The van der Waals surface area contributed by atoms with Crippen molar-refractivity contribution in [1.82, 2.24) is 4.98 Å². The van der Waals surface area contributed by atoms with Crippen molar-refractivity contribution in [2.45, 2.75) is 12.5 Å². The fourth-order valence-corrected chi connectivity index (χ4v) is 2.26. The Morgan fingerprint density at radius 3 is 2.63 bits per heavy atom. The molecule has 1 atom stereocenters. The van der Waals surface area contributed by atoms with Gasteiger partial charge in [0.05, 0.1) is 11.1 Å². The number of benzene rings is 1. The SMILES string of the molecule is OC(Cc1cncc(Br)c1)c1cc(F)c(Cl)cc1F. The Balaban J connectivity index is 2.25. The molecule has 1 unspecified atom stereocenters. The molecule has 19 heavy (non-hydrogen) atoms. The molecule has 2 aromatic rings. The minimum absolute atomic E-state index is 0.123. The number of pyridine rings is 1. The fraction of sp³-hybridized carbons (Fsp3) is 0.154. The van der Waals surface area contributed by atoms with E-state index in [4.69, 9.17) is 11.6 Å². The highest BCUT2D eigenvalue weighted by Crippen LogP contribution is 2.26. The molecule has 1 aromatic carbocycles. The maximum Gasteiger partial charge on any atom is 0.142 e. The van der Waals surface area contributed by atoms with E-state index in [0.29, 0.717) is 5.56 Å². The lowest BCUT2D eigenvalue weighted by molar-refractivity contribution is 0.173. The topological polar surface area (TPSA) is 33.1 Å². The van der Waals surface area contributed by atoms with Crippen LogP contribution in [0.3, 0.4) is 0 Å². The van der Waals surface area contributed by atoms with Gasteiger partial charge in [0, 0.05) is 28.9 Å². The molecule has 0 amide bonds. The second-order valence-corrected chi connectivity index (χ2v) is 5.34. The van der Waals surface area contributed by atoms with E-state index in [0.717, 1.165) is 16.6 Å². The van der Waals surface area contributed by atoms with Gasteiger partial charge in [0.2, 0.25) is 0 Å². The van der Waals surface area contributed by atoms with Crippen LogP contribution in [0.1, 0.15) is 17.2 Å². The summed E-state index contributed by atoms with van der Waals surface area (Å²) in [6, 6.07) is 3.52. The summed E-state index contributed by atoms with van der Waals surface area (Å²) >= 11 is 8.71. The number of nitrogens with zero attached hydrogens (tertiary/aromatic N) is 1. The average molecular weight is 349 g/mol. The van der Waals surface area contributed by atoms with Crippen LogP contribution in [0, 0.1) is 11.6 Å². The molecule has 2 rings (SSSR count). The van der Waals surface area contributed by atoms with Crippen LogP contribution in [-0.2, 0) is 6.42 Å². The van der Waals surface area contributed by atoms with Crippen molar-refractivity contribution < 1.29 is 13.9 Å². The van der Waals surface area contributed by atoms with Gasteiger partial charge in [0.1, 0.15) is 11.6 Å². The standard InChI is InChI=1S/C13H9BrClF2NO/c14-8-1-7(5-18-6-8)2-13(19)9-3-12(17)10(15)4-11(9)16/h1,3-6,13,19H,2H2. The summed E-state index contributed by atoms with van der Waals surface area (Å²) in [6.07, 6.45) is 2.11. The first-order valence-corrected chi connectivity index (χ1v) is 6.56. The van der Waals surface area contributed by atoms with Gasteiger partial charge in [-0.25, -0.2) is 8.78 Å². The van der Waals surface area contributed by atoms with E-state index >= 15 is 0 Å². The number of hydrogen-bond acceptors (Lipinski definition) is 2.